The van der Waals surface area contributed by atoms with Gasteiger partial charge in [-0.05, 0) is 17.8 Å². The Morgan fingerprint density at radius 3 is 2.75 bits per heavy atom. The van der Waals surface area contributed by atoms with Crippen LogP contribution in [0.15, 0.2) is 0 Å². The van der Waals surface area contributed by atoms with Crippen LogP contribution in [0.5, 0.6) is 0 Å². The van der Waals surface area contributed by atoms with Gasteiger partial charge in [-0.2, -0.15) is 0 Å². The van der Waals surface area contributed by atoms with Crippen molar-refractivity contribution in [3.63, 3.8) is 0 Å². The van der Waals surface area contributed by atoms with Crippen molar-refractivity contribution in [3.05, 3.63) is 0 Å². The molecule has 1 saturated carbocycles. The summed E-state index contributed by atoms with van der Waals surface area (Å²) < 4.78 is 5.37. The molecule has 1 heterocycles. The summed E-state index contributed by atoms with van der Waals surface area (Å²) in [4.78, 5) is 11.7. The third-order valence-electron chi connectivity index (χ3n) is 3.46. The van der Waals surface area contributed by atoms with Crippen molar-refractivity contribution >= 4 is 18.3 Å². The molecule has 1 unspecified atom stereocenters. The molecular weight excluding hydrogens is 228 g/mol. The predicted octanol–water partition coefficient (Wildman–Crippen LogP) is 0.559. The maximum absolute atomic E-state index is 11.7. The Morgan fingerprint density at radius 2 is 2.25 bits per heavy atom. The van der Waals surface area contributed by atoms with E-state index in [1.165, 1.54) is 6.42 Å². The zero-order valence-corrected chi connectivity index (χ0v) is 10.7. The zero-order chi connectivity index (χ0) is 10.9. The second kappa shape index (κ2) is 5.34. The van der Waals surface area contributed by atoms with Crippen LogP contribution in [0, 0.1) is 11.3 Å². The molecule has 0 bridgehead atoms. The van der Waals surface area contributed by atoms with Crippen molar-refractivity contribution in [2.45, 2.75) is 26.4 Å². The minimum atomic E-state index is -0.291. The summed E-state index contributed by atoms with van der Waals surface area (Å²) in [5.41, 5.74) is 0.430. The number of ether oxygens (including phenoxy) is 1. The fourth-order valence-electron chi connectivity index (χ4n) is 2.00. The molecule has 0 radical (unpaired) electrons. The van der Waals surface area contributed by atoms with Crippen LogP contribution in [-0.2, 0) is 9.53 Å². The summed E-state index contributed by atoms with van der Waals surface area (Å²) in [7, 11) is 0. The molecule has 1 aliphatic carbocycles. The smallest absolute Gasteiger partial charge is 0.250 e. The van der Waals surface area contributed by atoms with Gasteiger partial charge < -0.3 is 15.4 Å². The topological polar surface area (TPSA) is 50.4 Å². The van der Waals surface area contributed by atoms with Crippen molar-refractivity contribution in [1.82, 2.24) is 10.6 Å². The standard InChI is InChI=1S/C11H20N2O2.ClH/c1-11(2)5-8(11)6-13-10(14)9-7-12-3-4-15-9;/h8-9,12H,3-7H2,1-2H3,(H,13,14);1H/t8?,9-;/m1./s1. The summed E-state index contributed by atoms with van der Waals surface area (Å²) in [5, 5.41) is 6.12. The predicted molar refractivity (Wildman–Crippen MR) is 64.8 cm³/mol. The normalized spacial score (nSPS) is 31.4. The van der Waals surface area contributed by atoms with Gasteiger partial charge in [0.15, 0.2) is 0 Å². The van der Waals surface area contributed by atoms with E-state index in [2.05, 4.69) is 24.5 Å². The Kier molecular flexibility index (Phi) is 4.59. The van der Waals surface area contributed by atoms with Gasteiger partial charge in [-0.15, -0.1) is 12.4 Å². The minimum Gasteiger partial charge on any atom is -0.366 e. The molecule has 0 spiro atoms. The number of carbonyl (C=O) groups excluding carboxylic acids is 1. The number of rotatable bonds is 3. The van der Waals surface area contributed by atoms with Crippen LogP contribution >= 0.6 is 12.4 Å². The SMILES string of the molecule is CC1(C)CC1CNC(=O)[C@H]1CNCCO1.Cl. The summed E-state index contributed by atoms with van der Waals surface area (Å²) in [6.45, 7) is 7.39. The lowest BCUT2D eigenvalue weighted by molar-refractivity contribution is -0.134. The van der Waals surface area contributed by atoms with Gasteiger partial charge in [0.05, 0.1) is 6.61 Å². The Morgan fingerprint density at radius 1 is 1.56 bits per heavy atom. The number of nitrogens with one attached hydrogen (secondary N) is 2. The molecule has 94 valence electrons. The monoisotopic (exact) mass is 248 g/mol. The first-order chi connectivity index (χ1) is 7.09. The second-order valence-corrected chi connectivity index (χ2v) is 5.20. The molecule has 0 aromatic carbocycles. The highest BCUT2D eigenvalue weighted by Gasteiger charge is 2.45. The van der Waals surface area contributed by atoms with Gasteiger partial charge in [0, 0.05) is 19.6 Å². The molecule has 2 N–H and O–H groups in total. The first-order valence-electron chi connectivity index (χ1n) is 5.69. The summed E-state index contributed by atoms with van der Waals surface area (Å²) in [6.07, 6.45) is 0.928. The van der Waals surface area contributed by atoms with Gasteiger partial charge in [0.1, 0.15) is 6.10 Å². The molecular formula is C11H21ClN2O2. The lowest BCUT2D eigenvalue weighted by atomic mass is 10.1. The van der Waals surface area contributed by atoms with E-state index in [0.29, 0.717) is 24.5 Å². The molecule has 1 amide bonds. The van der Waals surface area contributed by atoms with E-state index in [-0.39, 0.29) is 24.4 Å². The second-order valence-electron chi connectivity index (χ2n) is 5.20. The van der Waals surface area contributed by atoms with Crippen LogP contribution in [0.3, 0.4) is 0 Å². The average molecular weight is 249 g/mol. The minimum absolute atomic E-state index is 0. The van der Waals surface area contributed by atoms with Crippen LogP contribution in [0.4, 0.5) is 0 Å². The fourth-order valence-corrected chi connectivity index (χ4v) is 2.00. The lowest BCUT2D eigenvalue weighted by Crippen LogP contribution is -2.48. The Bertz CT molecular complexity index is 252. The number of hydrogen-bond acceptors (Lipinski definition) is 3. The molecule has 2 rings (SSSR count). The van der Waals surface area contributed by atoms with Gasteiger partial charge in [-0.25, -0.2) is 0 Å². The number of carbonyl (C=O) groups is 1. The van der Waals surface area contributed by atoms with Gasteiger partial charge in [0.25, 0.3) is 0 Å². The molecule has 2 atom stereocenters. The third-order valence-corrected chi connectivity index (χ3v) is 3.46. The van der Waals surface area contributed by atoms with Crippen molar-refractivity contribution in [2.75, 3.05) is 26.2 Å². The van der Waals surface area contributed by atoms with Crippen molar-refractivity contribution in [1.29, 1.82) is 0 Å². The molecule has 1 saturated heterocycles. The quantitative estimate of drug-likeness (QED) is 0.768. The molecule has 1 aliphatic heterocycles. The largest absolute Gasteiger partial charge is 0.366 e. The molecule has 0 aromatic heterocycles. The Balaban J connectivity index is 0.00000128. The van der Waals surface area contributed by atoms with Crippen molar-refractivity contribution < 1.29 is 9.53 Å². The molecule has 2 fully saturated rings. The lowest BCUT2D eigenvalue weighted by Gasteiger charge is -2.22. The fraction of sp³-hybridized carbons (Fsp3) is 0.909. The van der Waals surface area contributed by atoms with Crippen LogP contribution < -0.4 is 10.6 Å². The van der Waals surface area contributed by atoms with E-state index >= 15 is 0 Å². The number of morpholine rings is 1. The first kappa shape index (κ1) is 13.7. The maximum Gasteiger partial charge on any atom is 0.250 e. The maximum atomic E-state index is 11.7. The molecule has 16 heavy (non-hydrogen) atoms. The Hall–Kier alpha value is -0.320. The zero-order valence-electron chi connectivity index (χ0n) is 9.91. The number of halogens is 1. The summed E-state index contributed by atoms with van der Waals surface area (Å²) in [5.74, 6) is 0.683. The highest BCUT2D eigenvalue weighted by Crippen LogP contribution is 2.50. The first-order valence-corrected chi connectivity index (χ1v) is 5.69. The summed E-state index contributed by atoms with van der Waals surface area (Å²) in [6, 6.07) is 0. The van der Waals surface area contributed by atoms with Gasteiger partial charge in [0.2, 0.25) is 5.91 Å². The van der Waals surface area contributed by atoms with E-state index in [9.17, 15) is 4.79 Å². The van der Waals surface area contributed by atoms with E-state index in [4.69, 9.17) is 4.74 Å². The van der Waals surface area contributed by atoms with Crippen LogP contribution in [0.25, 0.3) is 0 Å². The van der Waals surface area contributed by atoms with Crippen LogP contribution in [0.1, 0.15) is 20.3 Å². The molecule has 2 aliphatic rings. The van der Waals surface area contributed by atoms with E-state index < -0.39 is 0 Å². The molecule has 5 heteroatoms. The number of hydrogen-bond donors (Lipinski definition) is 2. The number of amides is 1. The van der Waals surface area contributed by atoms with E-state index in [1.807, 2.05) is 0 Å². The van der Waals surface area contributed by atoms with Gasteiger partial charge >= 0.3 is 0 Å². The van der Waals surface area contributed by atoms with E-state index in [0.717, 1.165) is 13.1 Å². The van der Waals surface area contributed by atoms with Crippen molar-refractivity contribution in [3.8, 4) is 0 Å². The Labute approximate surface area is 103 Å². The highest BCUT2D eigenvalue weighted by atomic mass is 35.5. The molecule has 0 aromatic rings. The van der Waals surface area contributed by atoms with Crippen molar-refractivity contribution in [2.24, 2.45) is 11.3 Å². The summed E-state index contributed by atoms with van der Waals surface area (Å²) >= 11 is 0. The van der Waals surface area contributed by atoms with Crippen LogP contribution in [-0.4, -0.2) is 38.3 Å². The molecule has 4 nitrogen and oxygen atoms in total. The van der Waals surface area contributed by atoms with Gasteiger partial charge in [-0.3, -0.25) is 4.79 Å². The van der Waals surface area contributed by atoms with Gasteiger partial charge in [-0.1, -0.05) is 13.8 Å². The average Bonchev–Trinajstić information content (AvgIpc) is 2.84. The van der Waals surface area contributed by atoms with E-state index in [1.54, 1.807) is 0 Å². The third kappa shape index (κ3) is 3.34. The highest BCUT2D eigenvalue weighted by molar-refractivity contribution is 5.85. The van der Waals surface area contributed by atoms with Crippen LogP contribution in [0.2, 0.25) is 0 Å².